The van der Waals surface area contributed by atoms with Crippen LogP contribution in [-0.4, -0.2) is 18.1 Å². The van der Waals surface area contributed by atoms with Gasteiger partial charge >= 0.3 is 0 Å². The molecule has 0 spiro atoms. The summed E-state index contributed by atoms with van der Waals surface area (Å²) in [5, 5.41) is 0.149. The van der Waals surface area contributed by atoms with E-state index >= 15 is 0 Å². The number of hydrogen-bond acceptors (Lipinski definition) is 3. The van der Waals surface area contributed by atoms with Crippen LogP contribution >= 0.6 is 11.6 Å². The van der Waals surface area contributed by atoms with Crippen LogP contribution in [0.15, 0.2) is 36.5 Å². The first-order valence-electron chi connectivity index (χ1n) is 6.27. The molecule has 0 radical (unpaired) electrons. The van der Waals surface area contributed by atoms with E-state index in [0.717, 1.165) is 11.1 Å². The van der Waals surface area contributed by atoms with Crippen LogP contribution < -0.4 is 10.5 Å². The summed E-state index contributed by atoms with van der Waals surface area (Å²) in [6.45, 7) is 0. The van der Waals surface area contributed by atoms with Crippen molar-refractivity contribution in [3.8, 4) is 5.88 Å². The van der Waals surface area contributed by atoms with Gasteiger partial charge in [-0.05, 0) is 30.0 Å². The Morgan fingerprint density at radius 3 is 2.75 bits per heavy atom. The van der Waals surface area contributed by atoms with Gasteiger partial charge in [0.25, 0.3) is 0 Å². The molecule has 1 heterocycles. The van der Waals surface area contributed by atoms with Crippen LogP contribution in [0.5, 0.6) is 5.88 Å². The third kappa shape index (κ3) is 3.68. The molecule has 0 fully saturated rings. The summed E-state index contributed by atoms with van der Waals surface area (Å²) >= 11 is 5.92. The first-order valence-corrected chi connectivity index (χ1v) is 6.65. The summed E-state index contributed by atoms with van der Waals surface area (Å²) in [4.78, 5) is 4.13. The van der Waals surface area contributed by atoms with Crippen molar-refractivity contribution in [2.24, 2.45) is 5.73 Å². The van der Waals surface area contributed by atoms with E-state index in [0.29, 0.717) is 18.7 Å². The van der Waals surface area contributed by atoms with Gasteiger partial charge in [-0.2, -0.15) is 0 Å². The van der Waals surface area contributed by atoms with E-state index in [1.165, 1.54) is 6.07 Å². The van der Waals surface area contributed by atoms with Crippen molar-refractivity contribution in [1.82, 2.24) is 4.98 Å². The second kappa shape index (κ2) is 6.68. The summed E-state index contributed by atoms with van der Waals surface area (Å²) in [5.41, 5.74) is 7.82. The molecule has 0 bridgehead atoms. The number of nitrogens with two attached hydrogens (primary N) is 1. The smallest absolute Gasteiger partial charge is 0.212 e. The van der Waals surface area contributed by atoms with Crippen molar-refractivity contribution in [1.29, 1.82) is 0 Å². The Kier molecular flexibility index (Phi) is 4.93. The fraction of sp³-hybridized carbons (Fsp3) is 0.267. The minimum Gasteiger partial charge on any atom is -0.481 e. The lowest BCUT2D eigenvalue weighted by Crippen LogP contribution is -2.25. The minimum atomic E-state index is -0.414. The standard InChI is InChI=1S/C15H16ClFN2O/c1-20-14-6-5-10(9-19-14)7-12(18)8-11-3-2-4-13(17)15(11)16/h2-6,9,12H,7-8,18H2,1H3. The van der Waals surface area contributed by atoms with Gasteiger partial charge < -0.3 is 10.5 Å². The van der Waals surface area contributed by atoms with Crippen LogP contribution in [0.2, 0.25) is 5.02 Å². The van der Waals surface area contributed by atoms with E-state index < -0.39 is 5.82 Å². The zero-order valence-corrected chi connectivity index (χ0v) is 11.9. The predicted molar refractivity (Wildman–Crippen MR) is 77.6 cm³/mol. The molecule has 1 aromatic carbocycles. The largest absolute Gasteiger partial charge is 0.481 e. The van der Waals surface area contributed by atoms with Gasteiger partial charge in [-0.1, -0.05) is 29.8 Å². The third-order valence-electron chi connectivity index (χ3n) is 3.02. The van der Waals surface area contributed by atoms with Crippen LogP contribution in [-0.2, 0) is 12.8 Å². The van der Waals surface area contributed by atoms with Gasteiger partial charge in [0, 0.05) is 18.3 Å². The van der Waals surface area contributed by atoms with Crippen LogP contribution in [0.4, 0.5) is 4.39 Å². The molecule has 0 aliphatic rings. The van der Waals surface area contributed by atoms with E-state index in [-0.39, 0.29) is 11.1 Å². The van der Waals surface area contributed by atoms with E-state index in [2.05, 4.69) is 4.98 Å². The molecule has 0 saturated carbocycles. The van der Waals surface area contributed by atoms with E-state index in [1.54, 1.807) is 31.5 Å². The quantitative estimate of drug-likeness (QED) is 0.922. The van der Waals surface area contributed by atoms with Gasteiger partial charge in [-0.15, -0.1) is 0 Å². The SMILES string of the molecule is COc1ccc(CC(N)Cc2cccc(F)c2Cl)cn1. The molecule has 1 aromatic heterocycles. The molecule has 0 amide bonds. The Morgan fingerprint density at radius 2 is 2.10 bits per heavy atom. The molecule has 0 aliphatic carbocycles. The molecule has 0 aliphatic heterocycles. The van der Waals surface area contributed by atoms with Gasteiger partial charge in [-0.25, -0.2) is 9.37 Å². The molecular weight excluding hydrogens is 279 g/mol. The van der Waals surface area contributed by atoms with Gasteiger partial charge in [0.15, 0.2) is 0 Å². The molecular formula is C15H16ClFN2O. The first kappa shape index (κ1) is 14.8. The Bertz CT molecular complexity index is 575. The summed E-state index contributed by atoms with van der Waals surface area (Å²) in [6.07, 6.45) is 2.89. The highest BCUT2D eigenvalue weighted by atomic mass is 35.5. The Hall–Kier alpha value is -1.65. The van der Waals surface area contributed by atoms with Crippen molar-refractivity contribution in [3.05, 3.63) is 58.5 Å². The summed E-state index contributed by atoms with van der Waals surface area (Å²) < 4.78 is 18.3. The molecule has 2 N–H and O–H groups in total. The molecule has 2 rings (SSSR count). The summed E-state index contributed by atoms with van der Waals surface area (Å²) in [5.74, 6) is 0.151. The van der Waals surface area contributed by atoms with Crippen LogP contribution in [0.25, 0.3) is 0 Å². The zero-order valence-electron chi connectivity index (χ0n) is 11.1. The molecule has 3 nitrogen and oxygen atoms in total. The number of halogens is 2. The first-order chi connectivity index (χ1) is 9.60. The normalized spacial score (nSPS) is 12.2. The lowest BCUT2D eigenvalue weighted by atomic mass is 10.0. The molecule has 1 atom stereocenters. The average molecular weight is 295 g/mol. The number of methoxy groups -OCH3 is 1. The number of ether oxygens (including phenoxy) is 1. The number of benzene rings is 1. The Balaban J connectivity index is 2.01. The highest BCUT2D eigenvalue weighted by Gasteiger charge is 2.11. The van der Waals surface area contributed by atoms with E-state index in [9.17, 15) is 4.39 Å². The maximum absolute atomic E-state index is 13.3. The number of nitrogens with zero attached hydrogens (tertiary/aromatic N) is 1. The summed E-state index contributed by atoms with van der Waals surface area (Å²) in [6, 6.07) is 8.32. The van der Waals surface area contributed by atoms with Gasteiger partial charge in [0.05, 0.1) is 12.1 Å². The fourth-order valence-electron chi connectivity index (χ4n) is 2.02. The maximum Gasteiger partial charge on any atom is 0.212 e. The van der Waals surface area contributed by atoms with E-state index in [1.807, 2.05) is 6.07 Å². The minimum absolute atomic E-state index is 0.149. The molecule has 106 valence electrons. The number of aromatic nitrogens is 1. The molecule has 0 saturated heterocycles. The van der Waals surface area contributed by atoms with Crippen LogP contribution in [0.1, 0.15) is 11.1 Å². The van der Waals surface area contributed by atoms with Crippen molar-refractivity contribution in [2.45, 2.75) is 18.9 Å². The molecule has 1 unspecified atom stereocenters. The number of rotatable bonds is 5. The Morgan fingerprint density at radius 1 is 1.30 bits per heavy atom. The number of hydrogen-bond donors (Lipinski definition) is 1. The van der Waals surface area contributed by atoms with Crippen LogP contribution in [0, 0.1) is 5.82 Å². The van der Waals surface area contributed by atoms with E-state index in [4.69, 9.17) is 22.1 Å². The van der Waals surface area contributed by atoms with Crippen LogP contribution in [0.3, 0.4) is 0 Å². The topological polar surface area (TPSA) is 48.1 Å². The van der Waals surface area contributed by atoms with Gasteiger partial charge in [0.1, 0.15) is 5.82 Å². The van der Waals surface area contributed by atoms with Crippen molar-refractivity contribution >= 4 is 11.6 Å². The third-order valence-corrected chi connectivity index (χ3v) is 3.44. The lowest BCUT2D eigenvalue weighted by Gasteiger charge is -2.13. The average Bonchev–Trinajstić information content (AvgIpc) is 2.45. The maximum atomic E-state index is 13.3. The fourth-order valence-corrected chi connectivity index (χ4v) is 2.22. The van der Waals surface area contributed by atoms with Crippen molar-refractivity contribution in [3.63, 3.8) is 0 Å². The highest BCUT2D eigenvalue weighted by Crippen LogP contribution is 2.21. The lowest BCUT2D eigenvalue weighted by molar-refractivity contribution is 0.397. The predicted octanol–water partition coefficient (Wildman–Crippen LogP) is 3.00. The van der Waals surface area contributed by atoms with Gasteiger partial charge in [0.2, 0.25) is 5.88 Å². The zero-order chi connectivity index (χ0) is 14.5. The summed E-state index contributed by atoms with van der Waals surface area (Å²) in [7, 11) is 1.57. The second-order valence-electron chi connectivity index (χ2n) is 4.59. The van der Waals surface area contributed by atoms with Gasteiger partial charge in [-0.3, -0.25) is 0 Å². The highest BCUT2D eigenvalue weighted by molar-refractivity contribution is 6.31. The second-order valence-corrected chi connectivity index (χ2v) is 4.97. The Labute approximate surface area is 122 Å². The molecule has 5 heteroatoms. The molecule has 2 aromatic rings. The van der Waals surface area contributed by atoms with Crippen molar-refractivity contribution in [2.75, 3.05) is 7.11 Å². The monoisotopic (exact) mass is 294 g/mol. The van der Waals surface area contributed by atoms with Crippen molar-refractivity contribution < 1.29 is 9.13 Å². The molecule has 20 heavy (non-hydrogen) atoms. The number of pyridine rings is 1.